The van der Waals surface area contributed by atoms with Gasteiger partial charge in [0.15, 0.2) is 0 Å². The number of imidazole rings is 1. The molecule has 0 aliphatic heterocycles. The number of aryl methyl sites for hydroxylation is 2. The Balaban J connectivity index is 0.000000829. The summed E-state index contributed by atoms with van der Waals surface area (Å²) in [7, 11) is 0. The summed E-state index contributed by atoms with van der Waals surface area (Å²) in [4.78, 5) is 12.1. The molecule has 2 aromatic heterocycles. The summed E-state index contributed by atoms with van der Waals surface area (Å²) in [6.45, 7) is 12.3. The Morgan fingerprint density at radius 2 is 1.60 bits per heavy atom. The van der Waals surface area contributed by atoms with Crippen molar-refractivity contribution in [3.05, 3.63) is 36.0 Å². The van der Waals surface area contributed by atoms with Crippen molar-refractivity contribution in [1.29, 1.82) is 0 Å². The van der Waals surface area contributed by atoms with E-state index in [1.54, 1.807) is 0 Å². The minimum absolute atomic E-state index is 0.946. The molecule has 0 saturated heterocycles. The SMILES string of the molecule is CC.CC.CCCc1[nH]c(CC)nc1-c1ccncc1. The van der Waals surface area contributed by atoms with E-state index < -0.39 is 0 Å². The van der Waals surface area contributed by atoms with Gasteiger partial charge in [-0.15, -0.1) is 0 Å². The maximum atomic E-state index is 4.63. The van der Waals surface area contributed by atoms with E-state index in [1.807, 2.05) is 52.2 Å². The minimum atomic E-state index is 0.946. The van der Waals surface area contributed by atoms with Crippen molar-refractivity contribution in [2.75, 3.05) is 0 Å². The molecule has 2 aromatic rings. The Morgan fingerprint density at radius 1 is 1.00 bits per heavy atom. The molecule has 3 nitrogen and oxygen atoms in total. The van der Waals surface area contributed by atoms with Gasteiger partial charge in [0, 0.05) is 30.1 Å². The highest BCUT2D eigenvalue weighted by Crippen LogP contribution is 2.22. The van der Waals surface area contributed by atoms with Gasteiger partial charge in [-0.2, -0.15) is 0 Å². The lowest BCUT2D eigenvalue weighted by atomic mass is 10.1. The van der Waals surface area contributed by atoms with Gasteiger partial charge in [-0.3, -0.25) is 4.98 Å². The molecule has 0 spiro atoms. The largest absolute Gasteiger partial charge is 0.345 e. The molecule has 0 fully saturated rings. The molecule has 2 heterocycles. The predicted octanol–water partition coefficient (Wildman–Crippen LogP) is 5.04. The van der Waals surface area contributed by atoms with E-state index in [-0.39, 0.29) is 0 Å². The molecule has 0 bridgehead atoms. The first-order chi connectivity index (χ1) is 9.85. The van der Waals surface area contributed by atoms with E-state index in [1.165, 1.54) is 5.69 Å². The second-order valence-corrected chi connectivity index (χ2v) is 3.85. The third-order valence-electron chi connectivity index (χ3n) is 2.62. The molecule has 112 valence electrons. The normalized spacial score (nSPS) is 9.10. The molecule has 0 saturated carbocycles. The van der Waals surface area contributed by atoms with E-state index in [4.69, 9.17) is 0 Å². The van der Waals surface area contributed by atoms with Crippen LogP contribution in [0.2, 0.25) is 0 Å². The lowest BCUT2D eigenvalue weighted by Crippen LogP contribution is -1.88. The Labute approximate surface area is 123 Å². The molecule has 3 heteroatoms. The predicted molar refractivity (Wildman–Crippen MR) is 87.9 cm³/mol. The smallest absolute Gasteiger partial charge is 0.106 e. The van der Waals surface area contributed by atoms with Crippen LogP contribution in [0.25, 0.3) is 11.3 Å². The van der Waals surface area contributed by atoms with Gasteiger partial charge in [-0.25, -0.2) is 4.98 Å². The number of H-pyrrole nitrogens is 1. The summed E-state index contributed by atoms with van der Waals surface area (Å²) in [5, 5.41) is 0. The monoisotopic (exact) mass is 275 g/mol. The maximum absolute atomic E-state index is 4.63. The fourth-order valence-electron chi connectivity index (χ4n) is 1.81. The van der Waals surface area contributed by atoms with Crippen LogP contribution in [0.1, 0.15) is 59.5 Å². The molecule has 2 rings (SSSR count). The fraction of sp³-hybridized carbons (Fsp3) is 0.529. The van der Waals surface area contributed by atoms with E-state index in [9.17, 15) is 0 Å². The zero-order valence-electron chi connectivity index (χ0n) is 13.8. The maximum Gasteiger partial charge on any atom is 0.106 e. The van der Waals surface area contributed by atoms with Crippen LogP contribution >= 0.6 is 0 Å². The average molecular weight is 275 g/mol. The second kappa shape index (κ2) is 11.2. The van der Waals surface area contributed by atoms with Crippen LogP contribution in [-0.2, 0) is 12.8 Å². The number of aromatic amines is 1. The van der Waals surface area contributed by atoms with Crippen LogP contribution in [-0.4, -0.2) is 15.0 Å². The third kappa shape index (κ3) is 5.16. The molecule has 1 N–H and O–H groups in total. The van der Waals surface area contributed by atoms with Crippen molar-refractivity contribution < 1.29 is 0 Å². The summed E-state index contributed by atoms with van der Waals surface area (Å²) < 4.78 is 0. The first-order valence-electron chi connectivity index (χ1n) is 7.83. The van der Waals surface area contributed by atoms with Gasteiger partial charge in [0.1, 0.15) is 5.82 Å². The van der Waals surface area contributed by atoms with Gasteiger partial charge < -0.3 is 4.98 Å². The van der Waals surface area contributed by atoms with Crippen LogP contribution in [0.4, 0.5) is 0 Å². The van der Waals surface area contributed by atoms with Gasteiger partial charge in [-0.1, -0.05) is 48.0 Å². The average Bonchev–Trinajstić information content (AvgIpc) is 2.96. The molecule has 0 unspecified atom stereocenters. The Morgan fingerprint density at radius 3 is 2.10 bits per heavy atom. The standard InChI is InChI=1S/C13H17N3.2C2H6/c1-3-5-11-13(16-12(4-2)15-11)10-6-8-14-9-7-10;2*1-2/h6-9H,3-5H2,1-2H3,(H,15,16);2*1-2H3. The number of pyridine rings is 1. The first-order valence-corrected chi connectivity index (χ1v) is 7.83. The number of aromatic nitrogens is 3. The zero-order valence-corrected chi connectivity index (χ0v) is 13.8. The highest BCUT2D eigenvalue weighted by Gasteiger charge is 2.10. The molecule has 0 radical (unpaired) electrons. The van der Waals surface area contributed by atoms with E-state index in [0.717, 1.165) is 36.3 Å². The van der Waals surface area contributed by atoms with Crippen molar-refractivity contribution in [3.8, 4) is 11.3 Å². The van der Waals surface area contributed by atoms with Gasteiger partial charge >= 0.3 is 0 Å². The molecule has 0 aliphatic carbocycles. The molecular formula is C17H29N3. The number of nitrogens with zero attached hydrogens (tertiary/aromatic N) is 2. The number of hydrogen-bond donors (Lipinski definition) is 1. The molecular weight excluding hydrogens is 246 g/mol. The van der Waals surface area contributed by atoms with Gasteiger partial charge in [-0.05, 0) is 18.6 Å². The van der Waals surface area contributed by atoms with Crippen LogP contribution < -0.4 is 0 Å². The molecule has 0 amide bonds. The highest BCUT2D eigenvalue weighted by molar-refractivity contribution is 5.61. The van der Waals surface area contributed by atoms with Crippen LogP contribution in [0.5, 0.6) is 0 Å². The van der Waals surface area contributed by atoms with Crippen LogP contribution in [0.15, 0.2) is 24.5 Å². The second-order valence-electron chi connectivity index (χ2n) is 3.85. The van der Waals surface area contributed by atoms with Crippen molar-refractivity contribution in [3.63, 3.8) is 0 Å². The molecule has 0 aliphatic rings. The van der Waals surface area contributed by atoms with Crippen molar-refractivity contribution in [1.82, 2.24) is 15.0 Å². The van der Waals surface area contributed by atoms with E-state index in [0.29, 0.717) is 0 Å². The molecule has 0 atom stereocenters. The quantitative estimate of drug-likeness (QED) is 0.849. The molecule has 0 aromatic carbocycles. The minimum Gasteiger partial charge on any atom is -0.345 e. The Hall–Kier alpha value is -1.64. The molecule has 20 heavy (non-hydrogen) atoms. The van der Waals surface area contributed by atoms with E-state index in [2.05, 4.69) is 28.8 Å². The first kappa shape index (κ1) is 18.4. The van der Waals surface area contributed by atoms with E-state index >= 15 is 0 Å². The lowest BCUT2D eigenvalue weighted by molar-refractivity contribution is 0.880. The summed E-state index contributed by atoms with van der Waals surface area (Å²) in [6, 6.07) is 4.02. The topological polar surface area (TPSA) is 41.6 Å². The highest BCUT2D eigenvalue weighted by atomic mass is 14.9. The van der Waals surface area contributed by atoms with Gasteiger partial charge in [0.05, 0.1) is 5.69 Å². The summed E-state index contributed by atoms with van der Waals surface area (Å²) >= 11 is 0. The van der Waals surface area contributed by atoms with Crippen molar-refractivity contribution >= 4 is 0 Å². The van der Waals surface area contributed by atoms with Crippen molar-refractivity contribution in [2.45, 2.75) is 60.8 Å². The zero-order chi connectivity index (χ0) is 15.4. The van der Waals surface area contributed by atoms with Gasteiger partial charge in [0.2, 0.25) is 0 Å². The lowest BCUT2D eigenvalue weighted by Gasteiger charge is -2.00. The Kier molecular flexibility index (Phi) is 10.3. The fourth-order valence-corrected chi connectivity index (χ4v) is 1.81. The van der Waals surface area contributed by atoms with Crippen molar-refractivity contribution in [2.24, 2.45) is 0 Å². The van der Waals surface area contributed by atoms with Gasteiger partial charge in [0.25, 0.3) is 0 Å². The number of nitrogens with one attached hydrogen (secondary N) is 1. The summed E-state index contributed by atoms with van der Waals surface area (Å²) in [6.07, 6.45) is 6.74. The summed E-state index contributed by atoms with van der Waals surface area (Å²) in [5.74, 6) is 1.07. The number of rotatable bonds is 4. The third-order valence-corrected chi connectivity index (χ3v) is 2.62. The number of hydrogen-bond acceptors (Lipinski definition) is 2. The van der Waals surface area contributed by atoms with Crippen LogP contribution in [0.3, 0.4) is 0 Å². The summed E-state index contributed by atoms with van der Waals surface area (Å²) in [5.41, 5.74) is 3.47. The Bertz CT molecular complexity index is 447. The van der Waals surface area contributed by atoms with Crippen LogP contribution in [0, 0.1) is 0 Å².